The topological polar surface area (TPSA) is 43.8 Å². The van der Waals surface area contributed by atoms with Gasteiger partial charge in [0.2, 0.25) is 0 Å². The minimum Gasteiger partial charge on any atom is -0.330 e. The van der Waals surface area contributed by atoms with Gasteiger partial charge in [0.15, 0.2) is 0 Å². The highest BCUT2D eigenvalue weighted by molar-refractivity contribution is 5.22. The Bertz CT molecular complexity index is 483. The van der Waals surface area contributed by atoms with E-state index >= 15 is 0 Å². The number of aryl methyl sites for hydroxylation is 2. The van der Waals surface area contributed by atoms with Crippen LogP contribution in [0.5, 0.6) is 0 Å². The van der Waals surface area contributed by atoms with E-state index < -0.39 is 0 Å². The number of imidazole rings is 1. The number of nitrogens with zero attached hydrogens (tertiary/aromatic N) is 2. The van der Waals surface area contributed by atoms with Gasteiger partial charge in [-0.3, -0.25) is 0 Å². The minimum atomic E-state index is 0.654. The molecule has 2 aromatic rings. The number of hydrogen-bond donors (Lipinski definition) is 1. The predicted octanol–water partition coefficient (Wildman–Crippen LogP) is 2.05. The molecule has 0 unspecified atom stereocenters. The van der Waals surface area contributed by atoms with Crippen molar-refractivity contribution in [2.75, 3.05) is 6.54 Å². The van der Waals surface area contributed by atoms with Crippen molar-refractivity contribution < 1.29 is 0 Å². The first-order valence-electron chi connectivity index (χ1n) is 5.97. The molecule has 0 aliphatic heterocycles. The smallest absolute Gasteiger partial charge is 0.106 e. The lowest BCUT2D eigenvalue weighted by Crippen LogP contribution is -2.02. The second kappa shape index (κ2) is 5.15. The summed E-state index contributed by atoms with van der Waals surface area (Å²) in [6.07, 6.45) is 2.95. The van der Waals surface area contributed by atoms with Crippen LogP contribution in [0.4, 0.5) is 0 Å². The van der Waals surface area contributed by atoms with E-state index in [4.69, 9.17) is 5.73 Å². The second-order valence-corrected chi connectivity index (χ2v) is 4.43. The fourth-order valence-electron chi connectivity index (χ4n) is 1.89. The zero-order valence-corrected chi connectivity index (χ0v) is 10.5. The van der Waals surface area contributed by atoms with Gasteiger partial charge in [-0.15, -0.1) is 0 Å². The van der Waals surface area contributed by atoms with E-state index in [1.165, 1.54) is 11.1 Å². The summed E-state index contributed by atoms with van der Waals surface area (Å²) < 4.78 is 2.18. The number of rotatable bonds is 4. The van der Waals surface area contributed by atoms with Crippen LogP contribution < -0.4 is 5.73 Å². The lowest BCUT2D eigenvalue weighted by molar-refractivity contribution is 0.761. The van der Waals surface area contributed by atoms with Crippen molar-refractivity contribution in [3.63, 3.8) is 0 Å². The standard InChI is InChI=1S/C14H19N3/c1-11-3-5-13(6-4-11)9-17-10-14(7-8-15)16-12(17)2/h3-6,10H,7-9,15H2,1-2H3. The summed E-state index contributed by atoms with van der Waals surface area (Å²) in [5, 5.41) is 0. The van der Waals surface area contributed by atoms with Crippen LogP contribution in [-0.2, 0) is 13.0 Å². The van der Waals surface area contributed by atoms with Crippen molar-refractivity contribution in [3.05, 3.63) is 53.1 Å². The van der Waals surface area contributed by atoms with Crippen LogP contribution >= 0.6 is 0 Å². The van der Waals surface area contributed by atoms with Crippen molar-refractivity contribution in [2.45, 2.75) is 26.8 Å². The molecule has 1 aromatic heterocycles. The molecule has 17 heavy (non-hydrogen) atoms. The van der Waals surface area contributed by atoms with Gasteiger partial charge in [-0.25, -0.2) is 4.98 Å². The molecule has 3 nitrogen and oxygen atoms in total. The van der Waals surface area contributed by atoms with Crippen LogP contribution in [0, 0.1) is 13.8 Å². The Kier molecular flexibility index (Phi) is 3.59. The summed E-state index contributed by atoms with van der Waals surface area (Å²) in [4.78, 5) is 4.50. The first-order valence-corrected chi connectivity index (χ1v) is 5.97. The second-order valence-electron chi connectivity index (χ2n) is 4.43. The lowest BCUT2D eigenvalue weighted by atomic mass is 10.1. The summed E-state index contributed by atoms with van der Waals surface area (Å²) in [6, 6.07) is 8.61. The summed E-state index contributed by atoms with van der Waals surface area (Å²) in [5.74, 6) is 1.05. The van der Waals surface area contributed by atoms with Crippen LogP contribution in [0.15, 0.2) is 30.5 Å². The van der Waals surface area contributed by atoms with Crippen LogP contribution in [0.3, 0.4) is 0 Å². The van der Waals surface area contributed by atoms with Crippen LogP contribution in [0.25, 0.3) is 0 Å². The molecule has 0 fully saturated rings. The monoisotopic (exact) mass is 229 g/mol. The maximum Gasteiger partial charge on any atom is 0.106 e. The molecule has 0 radical (unpaired) electrons. The van der Waals surface area contributed by atoms with Crippen molar-refractivity contribution in [1.29, 1.82) is 0 Å². The SMILES string of the molecule is Cc1ccc(Cn2cc(CCN)nc2C)cc1. The van der Waals surface area contributed by atoms with E-state index in [1.54, 1.807) is 0 Å². The third-order valence-corrected chi connectivity index (χ3v) is 2.90. The van der Waals surface area contributed by atoms with E-state index in [9.17, 15) is 0 Å². The molecule has 1 heterocycles. The molecule has 0 saturated carbocycles. The molecule has 2 N–H and O–H groups in total. The largest absolute Gasteiger partial charge is 0.330 e. The summed E-state index contributed by atoms with van der Waals surface area (Å²) in [7, 11) is 0. The highest BCUT2D eigenvalue weighted by Crippen LogP contribution is 2.09. The number of benzene rings is 1. The molecular formula is C14H19N3. The molecule has 3 heteroatoms. The third kappa shape index (κ3) is 2.94. The maximum absolute atomic E-state index is 5.54. The first kappa shape index (κ1) is 11.9. The molecule has 1 aromatic carbocycles. The van der Waals surface area contributed by atoms with Gasteiger partial charge in [0.25, 0.3) is 0 Å². The molecule has 0 aliphatic carbocycles. The fourth-order valence-corrected chi connectivity index (χ4v) is 1.89. The average molecular weight is 229 g/mol. The Hall–Kier alpha value is -1.61. The van der Waals surface area contributed by atoms with Gasteiger partial charge in [-0.1, -0.05) is 29.8 Å². The Labute approximate surface area is 102 Å². The van der Waals surface area contributed by atoms with E-state index in [0.29, 0.717) is 6.54 Å². The molecule has 0 aliphatic rings. The zero-order chi connectivity index (χ0) is 12.3. The summed E-state index contributed by atoms with van der Waals surface area (Å²) >= 11 is 0. The van der Waals surface area contributed by atoms with E-state index in [2.05, 4.69) is 46.9 Å². The van der Waals surface area contributed by atoms with Gasteiger partial charge < -0.3 is 10.3 Å². The van der Waals surface area contributed by atoms with Crippen LogP contribution in [-0.4, -0.2) is 16.1 Å². The van der Waals surface area contributed by atoms with Gasteiger partial charge >= 0.3 is 0 Å². The Balaban J connectivity index is 2.15. The molecule has 90 valence electrons. The predicted molar refractivity (Wildman–Crippen MR) is 70.0 cm³/mol. The number of aromatic nitrogens is 2. The van der Waals surface area contributed by atoms with Gasteiger partial charge in [-0.2, -0.15) is 0 Å². The van der Waals surface area contributed by atoms with E-state index in [1.807, 2.05) is 6.92 Å². The fraction of sp³-hybridized carbons (Fsp3) is 0.357. The van der Waals surface area contributed by atoms with Crippen molar-refractivity contribution in [2.24, 2.45) is 5.73 Å². The molecular weight excluding hydrogens is 210 g/mol. The Morgan fingerprint density at radius 2 is 1.88 bits per heavy atom. The maximum atomic E-state index is 5.54. The van der Waals surface area contributed by atoms with Gasteiger partial charge in [0, 0.05) is 19.2 Å². The summed E-state index contributed by atoms with van der Waals surface area (Å²) in [6.45, 7) is 5.67. The molecule has 0 saturated heterocycles. The van der Waals surface area contributed by atoms with Crippen molar-refractivity contribution in [3.8, 4) is 0 Å². The molecule has 0 spiro atoms. The highest BCUT2D eigenvalue weighted by Gasteiger charge is 2.03. The van der Waals surface area contributed by atoms with E-state index in [-0.39, 0.29) is 0 Å². The van der Waals surface area contributed by atoms with Crippen molar-refractivity contribution in [1.82, 2.24) is 9.55 Å². The van der Waals surface area contributed by atoms with Crippen LogP contribution in [0.1, 0.15) is 22.6 Å². The van der Waals surface area contributed by atoms with Crippen molar-refractivity contribution >= 4 is 0 Å². The van der Waals surface area contributed by atoms with Crippen LogP contribution in [0.2, 0.25) is 0 Å². The number of hydrogen-bond acceptors (Lipinski definition) is 2. The minimum absolute atomic E-state index is 0.654. The molecule has 2 rings (SSSR count). The van der Waals surface area contributed by atoms with E-state index in [0.717, 1.165) is 24.5 Å². The Morgan fingerprint density at radius 3 is 2.53 bits per heavy atom. The lowest BCUT2D eigenvalue weighted by Gasteiger charge is -2.05. The van der Waals surface area contributed by atoms with Gasteiger partial charge in [0.05, 0.1) is 5.69 Å². The molecule has 0 atom stereocenters. The van der Waals surface area contributed by atoms with Gasteiger partial charge in [0.1, 0.15) is 5.82 Å². The van der Waals surface area contributed by atoms with Gasteiger partial charge in [-0.05, 0) is 26.0 Å². The summed E-state index contributed by atoms with van der Waals surface area (Å²) in [5.41, 5.74) is 9.21. The Morgan fingerprint density at radius 1 is 1.18 bits per heavy atom. The highest BCUT2D eigenvalue weighted by atomic mass is 15.1. The molecule has 0 amide bonds. The normalized spacial score (nSPS) is 10.8. The quantitative estimate of drug-likeness (QED) is 0.872. The first-order chi connectivity index (χ1) is 8.19. The average Bonchev–Trinajstić information content (AvgIpc) is 2.63. The number of nitrogens with two attached hydrogens (primary N) is 1. The molecule has 0 bridgehead atoms. The third-order valence-electron chi connectivity index (χ3n) is 2.90. The zero-order valence-electron chi connectivity index (χ0n) is 10.5.